The first kappa shape index (κ1) is 20.3. The summed E-state index contributed by atoms with van der Waals surface area (Å²) >= 11 is 0. The first-order valence-corrected chi connectivity index (χ1v) is 10.8. The van der Waals surface area contributed by atoms with Crippen molar-refractivity contribution in [1.29, 1.82) is 0 Å². The molecule has 1 aromatic heterocycles. The van der Waals surface area contributed by atoms with Crippen LogP contribution in [-0.2, 0) is 16.0 Å². The van der Waals surface area contributed by atoms with Crippen LogP contribution in [0.25, 0.3) is 0 Å². The van der Waals surface area contributed by atoms with Crippen LogP contribution in [0.3, 0.4) is 0 Å². The molecule has 0 atom stereocenters. The first-order chi connectivity index (χ1) is 14.6. The molecule has 4 rings (SSSR count). The van der Waals surface area contributed by atoms with E-state index in [0.29, 0.717) is 25.4 Å². The van der Waals surface area contributed by atoms with Gasteiger partial charge in [0.15, 0.2) is 5.82 Å². The minimum Gasteiger partial charge on any atom is -0.353 e. The average Bonchev–Trinajstić information content (AvgIpc) is 2.75. The van der Waals surface area contributed by atoms with Crippen LogP contribution in [0.4, 0.5) is 11.5 Å². The highest BCUT2D eigenvalue weighted by atomic mass is 16.2. The van der Waals surface area contributed by atoms with Crippen molar-refractivity contribution in [2.75, 3.05) is 36.4 Å². The van der Waals surface area contributed by atoms with Gasteiger partial charge in [0.2, 0.25) is 11.8 Å². The van der Waals surface area contributed by atoms with Crippen LogP contribution in [0, 0.1) is 11.8 Å². The normalized spacial score (nSPS) is 17.5. The second-order valence-corrected chi connectivity index (χ2v) is 8.25. The molecule has 1 N–H and O–H groups in total. The molecule has 158 valence electrons. The zero-order valence-corrected chi connectivity index (χ0v) is 17.5. The molecule has 7 nitrogen and oxygen atoms in total. The second-order valence-electron chi connectivity index (χ2n) is 8.25. The molecule has 7 heteroatoms. The minimum absolute atomic E-state index is 0.0253. The number of likely N-dealkylation sites (tertiary alicyclic amines) is 1. The fraction of sp³-hybridized carbons (Fsp3) is 0.478. The molecule has 0 bridgehead atoms. The fourth-order valence-corrected chi connectivity index (χ4v) is 4.21. The summed E-state index contributed by atoms with van der Waals surface area (Å²) in [5.41, 5.74) is 2.12. The molecular formula is C23H29N5O2. The highest BCUT2D eigenvalue weighted by molar-refractivity contribution is 5.94. The van der Waals surface area contributed by atoms with Gasteiger partial charge in [-0.15, -0.1) is 5.10 Å². The van der Waals surface area contributed by atoms with Crippen molar-refractivity contribution in [2.45, 2.75) is 32.6 Å². The Kier molecular flexibility index (Phi) is 6.26. The summed E-state index contributed by atoms with van der Waals surface area (Å²) < 4.78 is 0. The van der Waals surface area contributed by atoms with Crippen molar-refractivity contribution in [3.05, 3.63) is 48.2 Å². The number of benzene rings is 1. The van der Waals surface area contributed by atoms with Crippen LogP contribution >= 0.6 is 0 Å². The van der Waals surface area contributed by atoms with E-state index in [9.17, 15) is 9.59 Å². The van der Waals surface area contributed by atoms with E-state index in [4.69, 9.17) is 0 Å². The Bertz CT molecular complexity index is 857. The summed E-state index contributed by atoms with van der Waals surface area (Å²) in [6.45, 7) is 5.01. The highest BCUT2D eigenvalue weighted by Gasteiger charge is 2.33. The van der Waals surface area contributed by atoms with Crippen LogP contribution in [-0.4, -0.2) is 53.1 Å². The van der Waals surface area contributed by atoms with Crippen molar-refractivity contribution < 1.29 is 9.59 Å². The molecule has 0 aliphatic carbocycles. The predicted molar refractivity (Wildman–Crippen MR) is 116 cm³/mol. The third-order valence-electron chi connectivity index (χ3n) is 6.15. The van der Waals surface area contributed by atoms with E-state index in [1.54, 1.807) is 6.20 Å². The molecule has 2 amide bonds. The summed E-state index contributed by atoms with van der Waals surface area (Å²) in [5.74, 6) is 1.72. The Labute approximate surface area is 177 Å². The van der Waals surface area contributed by atoms with Crippen LogP contribution < -0.4 is 10.2 Å². The van der Waals surface area contributed by atoms with Gasteiger partial charge in [0.05, 0.1) is 5.92 Å². The van der Waals surface area contributed by atoms with Crippen LogP contribution in [0.2, 0.25) is 0 Å². The lowest BCUT2D eigenvalue weighted by Crippen LogP contribution is -2.52. The lowest BCUT2D eigenvalue weighted by atomic mass is 9.90. The Morgan fingerprint density at radius 1 is 1.10 bits per heavy atom. The summed E-state index contributed by atoms with van der Waals surface area (Å²) in [5, 5.41) is 11.0. The van der Waals surface area contributed by atoms with Crippen molar-refractivity contribution in [3.8, 4) is 0 Å². The largest absolute Gasteiger partial charge is 0.353 e. The molecule has 1 aromatic carbocycles. The van der Waals surface area contributed by atoms with Gasteiger partial charge in [0.1, 0.15) is 0 Å². The lowest BCUT2D eigenvalue weighted by Gasteiger charge is -2.38. The number of carbonyl (C=O) groups is 2. The maximum absolute atomic E-state index is 12.5. The smallest absolute Gasteiger partial charge is 0.231 e. The van der Waals surface area contributed by atoms with Gasteiger partial charge in [0.25, 0.3) is 0 Å². The number of hydrogen-bond donors (Lipinski definition) is 1. The molecule has 30 heavy (non-hydrogen) atoms. The van der Waals surface area contributed by atoms with E-state index in [1.807, 2.05) is 36.1 Å². The predicted octanol–water partition coefficient (Wildman–Crippen LogP) is 2.74. The summed E-state index contributed by atoms with van der Waals surface area (Å²) in [6, 6.07) is 11.9. The Hall–Kier alpha value is -2.96. The Balaban J connectivity index is 1.22. The number of anilines is 2. The molecule has 2 fully saturated rings. The molecule has 0 unspecified atom stereocenters. The number of aromatic nitrogens is 2. The Morgan fingerprint density at radius 2 is 1.83 bits per heavy atom. The van der Waals surface area contributed by atoms with Crippen molar-refractivity contribution >= 4 is 23.3 Å². The number of amides is 2. The Morgan fingerprint density at radius 3 is 2.47 bits per heavy atom. The van der Waals surface area contributed by atoms with E-state index in [1.165, 1.54) is 5.56 Å². The molecule has 0 spiro atoms. The summed E-state index contributed by atoms with van der Waals surface area (Å²) in [6.07, 6.45) is 5.39. The molecule has 2 aliphatic rings. The molecular weight excluding hydrogens is 378 g/mol. The average molecular weight is 408 g/mol. The van der Waals surface area contributed by atoms with Crippen LogP contribution in [0.5, 0.6) is 0 Å². The van der Waals surface area contributed by atoms with Crippen molar-refractivity contribution in [3.63, 3.8) is 0 Å². The van der Waals surface area contributed by atoms with Gasteiger partial charge in [-0.2, -0.15) is 5.10 Å². The monoisotopic (exact) mass is 407 g/mol. The summed E-state index contributed by atoms with van der Waals surface area (Å²) in [7, 11) is 0. The first-order valence-electron chi connectivity index (χ1n) is 10.8. The second kappa shape index (κ2) is 9.24. The summed E-state index contributed by atoms with van der Waals surface area (Å²) in [4.78, 5) is 28.3. The van der Waals surface area contributed by atoms with Gasteiger partial charge in [0, 0.05) is 44.5 Å². The zero-order valence-electron chi connectivity index (χ0n) is 17.5. The van der Waals surface area contributed by atoms with E-state index in [0.717, 1.165) is 43.9 Å². The van der Waals surface area contributed by atoms with Crippen LogP contribution in [0.15, 0.2) is 42.6 Å². The van der Waals surface area contributed by atoms with Crippen molar-refractivity contribution in [2.24, 2.45) is 11.8 Å². The number of nitrogens with one attached hydrogen (secondary N) is 1. The van der Waals surface area contributed by atoms with E-state index in [2.05, 4.69) is 32.5 Å². The third kappa shape index (κ3) is 4.78. The standard InChI is InChI=1S/C23H29N5O2/c1-2-22(29)27-12-9-18(10-13-27)14-17-5-7-20(8-6-17)25-23(30)19-15-28(16-19)21-4-3-11-24-26-21/h3-8,11,18-19H,2,9-10,12-16H2,1H3,(H,25,30). The molecule has 0 saturated carbocycles. The fourth-order valence-electron chi connectivity index (χ4n) is 4.21. The molecule has 0 radical (unpaired) electrons. The molecule has 2 aromatic rings. The maximum Gasteiger partial charge on any atom is 0.231 e. The quantitative estimate of drug-likeness (QED) is 0.797. The molecule has 2 aliphatic heterocycles. The highest BCUT2D eigenvalue weighted by Crippen LogP contribution is 2.25. The lowest BCUT2D eigenvalue weighted by molar-refractivity contribution is -0.132. The number of piperidine rings is 1. The molecule has 2 saturated heterocycles. The zero-order chi connectivity index (χ0) is 20.9. The molecule has 3 heterocycles. The van der Waals surface area contributed by atoms with Gasteiger partial charge in [-0.1, -0.05) is 19.1 Å². The van der Waals surface area contributed by atoms with Gasteiger partial charge in [-0.05, 0) is 55.0 Å². The van der Waals surface area contributed by atoms with Crippen LogP contribution in [0.1, 0.15) is 31.7 Å². The van der Waals surface area contributed by atoms with E-state index < -0.39 is 0 Å². The minimum atomic E-state index is -0.0253. The topological polar surface area (TPSA) is 78.4 Å². The van der Waals surface area contributed by atoms with Gasteiger partial charge >= 0.3 is 0 Å². The maximum atomic E-state index is 12.5. The van der Waals surface area contributed by atoms with Crippen molar-refractivity contribution in [1.82, 2.24) is 15.1 Å². The SMILES string of the molecule is CCC(=O)N1CCC(Cc2ccc(NC(=O)C3CN(c4cccnn4)C3)cc2)CC1. The number of hydrogen-bond acceptors (Lipinski definition) is 5. The number of rotatable bonds is 6. The van der Waals surface area contributed by atoms with E-state index in [-0.39, 0.29) is 17.7 Å². The third-order valence-corrected chi connectivity index (χ3v) is 6.15. The van der Waals surface area contributed by atoms with Gasteiger partial charge in [-0.3, -0.25) is 9.59 Å². The number of carbonyl (C=O) groups excluding carboxylic acids is 2. The van der Waals surface area contributed by atoms with Gasteiger partial charge in [-0.25, -0.2) is 0 Å². The van der Waals surface area contributed by atoms with Gasteiger partial charge < -0.3 is 15.1 Å². The van der Waals surface area contributed by atoms with E-state index >= 15 is 0 Å². The number of nitrogens with zero attached hydrogens (tertiary/aromatic N) is 4.